The number of rotatable bonds is 4. The van der Waals surface area contributed by atoms with E-state index < -0.39 is 6.04 Å². The van der Waals surface area contributed by atoms with Crippen LogP contribution in [0.2, 0.25) is 0 Å². The Morgan fingerprint density at radius 1 is 1.18 bits per heavy atom. The first-order chi connectivity index (χ1) is 13.4. The summed E-state index contributed by atoms with van der Waals surface area (Å²) in [5.74, 6) is -0.100. The summed E-state index contributed by atoms with van der Waals surface area (Å²) < 4.78 is 0. The first kappa shape index (κ1) is 18.1. The molecule has 1 aromatic heterocycles. The molecule has 0 spiro atoms. The van der Waals surface area contributed by atoms with Gasteiger partial charge in [-0.05, 0) is 48.7 Å². The number of carbonyl (C=O) groups excluding carboxylic acids is 1. The zero-order chi connectivity index (χ0) is 20.0. The highest BCUT2D eigenvalue weighted by molar-refractivity contribution is 6.00. The van der Waals surface area contributed by atoms with Crippen LogP contribution in [0.3, 0.4) is 0 Å². The number of aliphatic hydroxyl groups excluding tert-OH is 1. The summed E-state index contributed by atoms with van der Waals surface area (Å²) in [4.78, 5) is 14.5. The molecule has 1 amide bonds. The van der Waals surface area contributed by atoms with Crippen LogP contribution in [-0.2, 0) is 0 Å². The maximum Gasteiger partial charge on any atom is 0.273 e. The van der Waals surface area contributed by atoms with Crippen LogP contribution in [0.5, 0.6) is 11.5 Å². The number of aryl methyl sites for hydroxylation is 2. The lowest BCUT2D eigenvalue weighted by atomic mass is 9.93. The van der Waals surface area contributed by atoms with Gasteiger partial charge in [0.2, 0.25) is 0 Å². The fourth-order valence-electron chi connectivity index (χ4n) is 4.02. The number of carbonyl (C=O) groups is 1. The molecule has 144 valence electrons. The van der Waals surface area contributed by atoms with E-state index in [4.69, 9.17) is 0 Å². The number of aromatic nitrogens is 2. The van der Waals surface area contributed by atoms with E-state index in [0.717, 1.165) is 11.1 Å². The van der Waals surface area contributed by atoms with Gasteiger partial charge in [-0.25, -0.2) is 0 Å². The van der Waals surface area contributed by atoms with Crippen LogP contribution >= 0.6 is 0 Å². The van der Waals surface area contributed by atoms with E-state index in [9.17, 15) is 20.1 Å². The molecule has 0 fully saturated rings. The molecule has 2 heterocycles. The van der Waals surface area contributed by atoms with E-state index in [0.29, 0.717) is 28.1 Å². The van der Waals surface area contributed by atoms with Crippen molar-refractivity contribution in [2.75, 3.05) is 13.2 Å². The second-order valence-corrected chi connectivity index (χ2v) is 7.06. The van der Waals surface area contributed by atoms with E-state index in [2.05, 4.69) is 10.2 Å². The predicted molar refractivity (Wildman–Crippen MR) is 103 cm³/mol. The molecule has 1 aliphatic heterocycles. The molecule has 0 bridgehead atoms. The number of aromatic hydroxyl groups is 2. The van der Waals surface area contributed by atoms with Gasteiger partial charge in [0.25, 0.3) is 5.91 Å². The molecule has 0 aliphatic carbocycles. The van der Waals surface area contributed by atoms with Gasteiger partial charge in [-0.2, -0.15) is 5.10 Å². The highest BCUT2D eigenvalue weighted by Gasteiger charge is 2.42. The van der Waals surface area contributed by atoms with Crippen LogP contribution in [-0.4, -0.2) is 49.5 Å². The second-order valence-electron chi connectivity index (χ2n) is 7.06. The van der Waals surface area contributed by atoms with Gasteiger partial charge >= 0.3 is 0 Å². The molecule has 0 saturated carbocycles. The van der Waals surface area contributed by atoms with E-state index in [1.807, 2.05) is 26.0 Å². The molecule has 7 nitrogen and oxygen atoms in total. The number of hydrogen-bond donors (Lipinski definition) is 4. The molecule has 0 radical (unpaired) electrons. The predicted octanol–water partition coefficient (Wildman–Crippen LogP) is 2.64. The summed E-state index contributed by atoms with van der Waals surface area (Å²) in [5.41, 5.74) is 4.48. The summed E-state index contributed by atoms with van der Waals surface area (Å²) in [6.45, 7) is 3.73. The van der Waals surface area contributed by atoms with Crippen molar-refractivity contribution in [3.63, 3.8) is 0 Å². The van der Waals surface area contributed by atoms with Crippen LogP contribution in [0, 0.1) is 13.8 Å². The van der Waals surface area contributed by atoms with Crippen molar-refractivity contribution in [2.45, 2.75) is 19.9 Å². The number of nitrogens with zero attached hydrogens (tertiary/aromatic N) is 2. The Morgan fingerprint density at radius 3 is 2.64 bits per heavy atom. The van der Waals surface area contributed by atoms with Gasteiger partial charge in [0.15, 0.2) is 0 Å². The van der Waals surface area contributed by atoms with Crippen molar-refractivity contribution < 1.29 is 20.1 Å². The topological polar surface area (TPSA) is 110 Å². The standard InChI is InChI=1S/C21H21N3O4/c1-11-8-12(2)16(15(27)9-11)18-17-19(23-22-18)21(28)24(6-7-25)20(17)13-4-3-5-14(26)10-13/h3-5,8-10,20,25-27H,6-7H2,1-2H3,(H,22,23)/t20-/m1/s1. The molecular formula is C21H21N3O4. The molecule has 4 rings (SSSR count). The third-order valence-corrected chi connectivity index (χ3v) is 5.09. The largest absolute Gasteiger partial charge is 0.508 e. The highest BCUT2D eigenvalue weighted by atomic mass is 16.3. The number of aromatic amines is 1. The van der Waals surface area contributed by atoms with Gasteiger partial charge in [0.05, 0.1) is 12.6 Å². The number of nitrogens with one attached hydrogen (secondary N) is 1. The zero-order valence-corrected chi connectivity index (χ0v) is 15.6. The first-order valence-electron chi connectivity index (χ1n) is 9.02. The van der Waals surface area contributed by atoms with Crippen molar-refractivity contribution in [3.05, 3.63) is 64.3 Å². The smallest absolute Gasteiger partial charge is 0.273 e. The van der Waals surface area contributed by atoms with Crippen molar-refractivity contribution in [1.82, 2.24) is 15.1 Å². The average molecular weight is 379 g/mol. The van der Waals surface area contributed by atoms with Gasteiger partial charge in [-0.15, -0.1) is 0 Å². The van der Waals surface area contributed by atoms with Crippen LogP contribution in [0.15, 0.2) is 36.4 Å². The Hall–Kier alpha value is -3.32. The van der Waals surface area contributed by atoms with Crippen LogP contribution in [0.1, 0.15) is 38.8 Å². The van der Waals surface area contributed by atoms with E-state index >= 15 is 0 Å². The third-order valence-electron chi connectivity index (χ3n) is 5.09. The average Bonchev–Trinajstić information content (AvgIpc) is 3.15. The number of benzene rings is 2. The Labute approximate surface area is 161 Å². The fourth-order valence-corrected chi connectivity index (χ4v) is 4.02. The summed E-state index contributed by atoms with van der Waals surface area (Å²) in [5, 5.41) is 37.2. The van der Waals surface area contributed by atoms with E-state index in [1.165, 1.54) is 0 Å². The van der Waals surface area contributed by atoms with Crippen molar-refractivity contribution in [3.8, 4) is 22.8 Å². The van der Waals surface area contributed by atoms with Crippen LogP contribution < -0.4 is 0 Å². The summed E-state index contributed by atoms with van der Waals surface area (Å²) in [6, 6.07) is 9.75. The maximum atomic E-state index is 12.9. The quantitative estimate of drug-likeness (QED) is 0.557. The summed E-state index contributed by atoms with van der Waals surface area (Å²) >= 11 is 0. The van der Waals surface area contributed by atoms with E-state index in [1.54, 1.807) is 29.2 Å². The molecule has 1 atom stereocenters. The van der Waals surface area contributed by atoms with Crippen LogP contribution in [0.25, 0.3) is 11.3 Å². The number of hydrogen-bond acceptors (Lipinski definition) is 5. The molecule has 1 aliphatic rings. The van der Waals surface area contributed by atoms with Gasteiger partial charge in [0, 0.05) is 17.7 Å². The SMILES string of the molecule is Cc1cc(C)c(-c2n[nH]c3c2[C@@H](c2cccc(O)c2)N(CCO)C3=O)c(O)c1. The number of phenolic OH excluding ortho intramolecular Hbond substituents is 2. The zero-order valence-electron chi connectivity index (χ0n) is 15.6. The Bertz CT molecular complexity index is 1050. The number of amides is 1. The van der Waals surface area contributed by atoms with Gasteiger partial charge in [-0.1, -0.05) is 18.2 Å². The number of fused-ring (bicyclic) bond motifs is 1. The highest BCUT2D eigenvalue weighted by Crippen LogP contribution is 2.45. The number of aliphatic hydroxyl groups is 1. The summed E-state index contributed by atoms with van der Waals surface area (Å²) in [6.07, 6.45) is 0. The van der Waals surface area contributed by atoms with Gasteiger partial charge in [-0.3, -0.25) is 9.89 Å². The van der Waals surface area contributed by atoms with Crippen LogP contribution in [0.4, 0.5) is 0 Å². The van der Waals surface area contributed by atoms with Gasteiger partial charge in [0.1, 0.15) is 22.9 Å². The van der Waals surface area contributed by atoms with E-state index in [-0.39, 0.29) is 30.6 Å². The van der Waals surface area contributed by atoms with Crippen molar-refractivity contribution in [2.24, 2.45) is 0 Å². The molecule has 4 N–H and O–H groups in total. The normalized spacial score (nSPS) is 15.9. The van der Waals surface area contributed by atoms with Crippen molar-refractivity contribution >= 4 is 5.91 Å². The molecule has 0 saturated heterocycles. The molecule has 3 aromatic rings. The lowest BCUT2D eigenvalue weighted by molar-refractivity contribution is 0.0706. The minimum absolute atomic E-state index is 0.0850. The number of β-amino-alcohol motifs (C(OH)–C–C–N with tert-alkyl or cyclic N) is 1. The first-order valence-corrected chi connectivity index (χ1v) is 9.02. The lowest BCUT2D eigenvalue weighted by Gasteiger charge is -2.26. The second kappa shape index (κ2) is 6.69. The monoisotopic (exact) mass is 379 g/mol. The summed E-state index contributed by atoms with van der Waals surface area (Å²) in [7, 11) is 0. The Morgan fingerprint density at radius 2 is 1.96 bits per heavy atom. The van der Waals surface area contributed by atoms with Crippen molar-refractivity contribution in [1.29, 1.82) is 0 Å². The Balaban J connectivity index is 1.96. The third kappa shape index (κ3) is 2.71. The minimum atomic E-state index is -0.532. The molecule has 0 unspecified atom stereocenters. The lowest BCUT2D eigenvalue weighted by Crippen LogP contribution is -2.32. The molecule has 2 aromatic carbocycles. The molecular weight excluding hydrogens is 358 g/mol. The number of phenols is 2. The fraction of sp³-hybridized carbons (Fsp3) is 0.238. The Kier molecular flexibility index (Phi) is 4.31. The molecule has 7 heteroatoms. The number of H-pyrrole nitrogens is 1. The van der Waals surface area contributed by atoms with Gasteiger partial charge < -0.3 is 20.2 Å². The molecule has 28 heavy (non-hydrogen) atoms. The minimum Gasteiger partial charge on any atom is -0.508 e. The maximum absolute atomic E-state index is 12.9.